The molecule has 0 spiro atoms. The van der Waals surface area contributed by atoms with Crippen molar-refractivity contribution in [2.45, 2.75) is 13.8 Å². The van der Waals surface area contributed by atoms with Crippen molar-refractivity contribution in [3.8, 4) is 0 Å². The van der Waals surface area contributed by atoms with Crippen LogP contribution in [0.15, 0.2) is 12.3 Å². The normalized spacial score (nSPS) is 10.7. The zero-order chi connectivity index (χ0) is 7.84. The average Bonchev–Trinajstić information content (AvgIpc) is 2.32. The molecule has 2 heterocycles. The van der Waals surface area contributed by atoms with Crippen LogP contribution in [0.2, 0.25) is 0 Å². The summed E-state index contributed by atoms with van der Waals surface area (Å²) in [6.45, 7) is 4.05. The molecule has 0 unspecified atom stereocenters. The van der Waals surface area contributed by atoms with Crippen molar-refractivity contribution in [2.75, 3.05) is 0 Å². The maximum atomic E-state index is 4.28. The molecular weight excluding hydrogens is 156 g/mol. The summed E-state index contributed by atoms with van der Waals surface area (Å²) >= 11 is 1.54. The van der Waals surface area contributed by atoms with Gasteiger partial charge in [-0.2, -0.15) is 4.37 Å². The maximum Gasteiger partial charge on any atom is 0.0877 e. The molecule has 2 aromatic rings. The zero-order valence-electron chi connectivity index (χ0n) is 6.46. The van der Waals surface area contributed by atoms with E-state index in [4.69, 9.17) is 0 Å². The molecule has 0 radical (unpaired) electrons. The lowest BCUT2D eigenvalue weighted by Crippen LogP contribution is -1.78. The molecule has 2 nitrogen and oxygen atoms in total. The van der Waals surface area contributed by atoms with Crippen molar-refractivity contribution < 1.29 is 0 Å². The quantitative estimate of drug-likeness (QED) is 0.597. The molecule has 0 aliphatic heterocycles. The van der Waals surface area contributed by atoms with Gasteiger partial charge in [0.2, 0.25) is 0 Å². The Balaban J connectivity index is 2.86. The van der Waals surface area contributed by atoms with Gasteiger partial charge in [-0.05, 0) is 31.4 Å². The van der Waals surface area contributed by atoms with E-state index in [1.165, 1.54) is 21.8 Å². The van der Waals surface area contributed by atoms with Crippen LogP contribution in [0.5, 0.6) is 0 Å². The molecule has 2 aromatic heterocycles. The lowest BCUT2D eigenvalue weighted by Gasteiger charge is -1.90. The van der Waals surface area contributed by atoms with E-state index in [2.05, 4.69) is 16.3 Å². The third-order valence-electron chi connectivity index (χ3n) is 1.68. The van der Waals surface area contributed by atoms with Crippen LogP contribution in [-0.2, 0) is 0 Å². The Labute approximate surface area is 69.1 Å². The molecule has 56 valence electrons. The number of aryl methyl sites for hydroxylation is 2. The second-order valence-corrected chi connectivity index (χ2v) is 3.56. The van der Waals surface area contributed by atoms with Gasteiger partial charge in [0.05, 0.1) is 5.52 Å². The summed E-state index contributed by atoms with van der Waals surface area (Å²) in [6, 6.07) is 2.01. The molecule has 0 N–H and O–H groups in total. The minimum atomic E-state index is 1.03. The first kappa shape index (κ1) is 6.73. The molecule has 11 heavy (non-hydrogen) atoms. The zero-order valence-corrected chi connectivity index (χ0v) is 7.27. The number of fused-ring (bicyclic) bond motifs is 1. The fourth-order valence-corrected chi connectivity index (χ4v) is 1.70. The fraction of sp³-hybridized carbons (Fsp3) is 0.250. The van der Waals surface area contributed by atoms with E-state index in [1.54, 1.807) is 0 Å². The molecule has 0 atom stereocenters. The van der Waals surface area contributed by atoms with Gasteiger partial charge in [-0.15, -0.1) is 0 Å². The van der Waals surface area contributed by atoms with Gasteiger partial charge in [0.25, 0.3) is 0 Å². The maximum absolute atomic E-state index is 4.28. The standard InChI is InChI=1S/C8H8N2S/c1-5-3-8-7(4-9-5)6(2)11-10-8/h3-4H,1-2H3. The van der Waals surface area contributed by atoms with Crippen LogP contribution in [-0.4, -0.2) is 9.36 Å². The van der Waals surface area contributed by atoms with Crippen LogP contribution in [0.4, 0.5) is 0 Å². The molecule has 0 aliphatic carbocycles. The molecule has 0 saturated heterocycles. The fourth-order valence-electron chi connectivity index (χ4n) is 1.06. The Morgan fingerprint density at radius 3 is 3.00 bits per heavy atom. The van der Waals surface area contributed by atoms with Gasteiger partial charge in [0.15, 0.2) is 0 Å². The van der Waals surface area contributed by atoms with Gasteiger partial charge < -0.3 is 0 Å². The van der Waals surface area contributed by atoms with Crippen LogP contribution in [0.25, 0.3) is 10.9 Å². The number of hydrogen-bond donors (Lipinski definition) is 0. The third-order valence-corrected chi connectivity index (χ3v) is 2.46. The summed E-state index contributed by atoms with van der Waals surface area (Å²) in [7, 11) is 0. The second kappa shape index (κ2) is 2.27. The first-order valence-electron chi connectivity index (χ1n) is 3.46. The Bertz CT molecular complexity index is 392. The van der Waals surface area contributed by atoms with Gasteiger partial charge in [-0.25, -0.2) is 0 Å². The molecule has 0 bridgehead atoms. The highest BCUT2D eigenvalue weighted by molar-refractivity contribution is 7.07. The molecule has 0 aromatic carbocycles. The van der Waals surface area contributed by atoms with Gasteiger partial charge >= 0.3 is 0 Å². The van der Waals surface area contributed by atoms with Gasteiger partial charge in [-0.3, -0.25) is 4.98 Å². The number of nitrogens with zero attached hydrogens (tertiary/aromatic N) is 2. The second-order valence-electron chi connectivity index (χ2n) is 2.58. The summed E-state index contributed by atoms with van der Waals surface area (Å²) in [5, 5.41) is 1.18. The number of hydrogen-bond acceptors (Lipinski definition) is 3. The lowest BCUT2D eigenvalue weighted by atomic mass is 10.2. The number of rotatable bonds is 0. The van der Waals surface area contributed by atoms with E-state index < -0.39 is 0 Å². The Morgan fingerprint density at radius 1 is 1.36 bits per heavy atom. The highest BCUT2D eigenvalue weighted by Gasteiger charge is 2.00. The smallest absolute Gasteiger partial charge is 0.0877 e. The highest BCUT2D eigenvalue weighted by atomic mass is 32.1. The summed E-state index contributed by atoms with van der Waals surface area (Å²) in [6.07, 6.45) is 1.89. The third kappa shape index (κ3) is 1.01. The number of pyridine rings is 1. The van der Waals surface area contributed by atoms with Crippen LogP contribution >= 0.6 is 11.5 Å². The molecule has 0 saturated carbocycles. The minimum absolute atomic E-state index is 1.03. The van der Waals surface area contributed by atoms with Gasteiger partial charge in [0, 0.05) is 22.2 Å². The predicted molar refractivity (Wildman–Crippen MR) is 46.9 cm³/mol. The van der Waals surface area contributed by atoms with Gasteiger partial charge in [-0.1, -0.05) is 0 Å². The lowest BCUT2D eigenvalue weighted by molar-refractivity contribution is 1.22. The minimum Gasteiger partial charge on any atom is -0.261 e. The van der Waals surface area contributed by atoms with Crippen molar-refractivity contribution >= 4 is 22.4 Å². The highest BCUT2D eigenvalue weighted by Crippen LogP contribution is 2.20. The molecule has 2 rings (SSSR count). The summed E-state index contributed by atoms with van der Waals surface area (Å²) in [4.78, 5) is 5.45. The van der Waals surface area contributed by atoms with E-state index in [0.29, 0.717) is 0 Å². The monoisotopic (exact) mass is 164 g/mol. The van der Waals surface area contributed by atoms with Gasteiger partial charge in [0.1, 0.15) is 0 Å². The first-order valence-corrected chi connectivity index (χ1v) is 4.23. The Morgan fingerprint density at radius 2 is 2.18 bits per heavy atom. The van der Waals surface area contributed by atoms with E-state index >= 15 is 0 Å². The van der Waals surface area contributed by atoms with E-state index in [1.807, 2.05) is 19.2 Å². The van der Waals surface area contributed by atoms with E-state index in [0.717, 1.165) is 11.2 Å². The largest absolute Gasteiger partial charge is 0.261 e. The van der Waals surface area contributed by atoms with Crippen LogP contribution in [0.3, 0.4) is 0 Å². The molecule has 0 amide bonds. The number of aromatic nitrogens is 2. The molecule has 0 aliphatic rings. The first-order chi connectivity index (χ1) is 5.27. The summed E-state index contributed by atoms with van der Waals surface area (Å²) in [5.41, 5.74) is 2.10. The predicted octanol–water partition coefficient (Wildman–Crippen LogP) is 2.31. The molecule has 0 fully saturated rings. The summed E-state index contributed by atoms with van der Waals surface area (Å²) in [5.74, 6) is 0. The van der Waals surface area contributed by atoms with Crippen molar-refractivity contribution in [3.63, 3.8) is 0 Å². The topological polar surface area (TPSA) is 25.8 Å². The summed E-state index contributed by atoms with van der Waals surface area (Å²) < 4.78 is 4.28. The van der Waals surface area contributed by atoms with E-state index in [9.17, 15) is 0 Å². The Kier molecular flexibility index (Phi) is 1.39. The van der Waals surface area contributed by atoms with Crippen LogP contribution in [0.1, 0.15) is 10.6 Å². The molecule has 3 heteroatoms. The molecular formula is C8H8N2S. The van der Waals surface area contributed by atoms with Crippen LogP contribution < -0.4 is 0 Å². The van der Waals surface area contributed by atoms with Crippen molar-refractivity contribution in [1.82, 2.24) is 9.36 Å². The SMILES string of the molecule is Cc1cc2nsc(C)c2cn1. The Hall–Kier alpha value is -0.960. The van der Waals surface area contributed by atoms with Crippen LogP contribution in [0, 0.1) is 13.8 Å². The van der Waals surface area contributed by atoms with E-state index in [-0.39, 0.29) is 0 Å². The average molecular weight is 164 g/mol. The van der Waals surface area contributed by atoms with Crippen molar-refractivity contribution in [3.05, 3.63) is 22.8 Å². The van der Waals surface area contributed by atoms with Crippen molar-refractivity contribution in [1.29, 1.82) is 0 Å². The van der Waals surface area contributed by atoms with Crippen molar-refractivity contribution in [2.24, 2.45) is 0 Å².